The zero-order valence-electron chi connectivity index (χ0n) is 10.8. The van der Waals surface area contributed by atoms with Gasteiger partial charge >= 0.3 is 0 Å². The number of fused-ring (bicyclic) bond motifs is 5. The van der Waals surface area contributed by atoms with Crippen LogP contribution < -0.4 is 0 Å². The predicted molar refractivity (Wildman–Crippen MR) is 80.6 cm³/mol. The van der Waals surface area contributed by atoms with Gasteiger partial charge in [0.2, 0.25) is 0 Å². The van der Waals surface area contributed by atoms with E-state index in [0.29, 0.717) is 0 Å². The lowest BCUT2D eigenvalue weighted by molar-refractivity contribution is 0.669. The third-order valence-electron chi connectivity index (χ3n) is 3.83. The lowest BCUT2D eigenvalue weighted by Gasteiger charge is -1.99. The van der Waals surface area contributed by atoms with Gasteiger partial charge < -0.3 is 4.42 Å². The van der Waals surface area contributed by atoms with Crippen molar-refractivity contribution >= 4 is 32.7 Å². The molecule has 0 amide bonds. The van der Waals surface area contributed by atoms with Crippen molar-refractivity contribution in [1.82, 2.24) is 0 Å². The molecule has 3 aromatic carbocycles. The number of furan rings is 1. The van der Waals surface area contributed by atoms with Crippen molar-refractivity contribution < 1.29 is 4.42 Å². The Balaban J connectivity index is 2.27. The highest BCUT2D eigenvalue weighted by Crippen LogP contribution is 2.34. The Hall–Kier alpha value is -2.28. The van der Waals surface area contributed by atoms with Crippen molar-refractivity contribution in [3.63, 3.8) is 0 Å². The third-order valence-corrected chi connectivity index (χ3v) is 3.83. The van der Waals surface area contributed by atoms with Crippen molar-refractivity contribution in [2.75, 3.05) is 0 Å². The topological polar surface area (TPSA) is 13.1 Å². The fourth-order valence-corrected chi connectivity index (χ4v) is 2.81. The van der Waals surface area contributed by atoms with Gasteiger partial charge in [0.25, 0.3) is 0 Å². The Morgan fingerprint density at radius 3 is 2.58 bits per heavy atom. The summed E-state index contributed by atoms with van der Waals surface area (Å²) >= 11 is 0. The molecule has 0 aliphatic heterocycles. The molecule has 0 N–H and O–H groups in total. The maximum Gasteiger partial charge on any atom is 0.136 e. The molecule has 4 aromatic rings. The van der Waals surface area contributed by atoms with Gasteiger partial charge in [0.1, 0.15) is 11.2 Å². The van der Waals surface area contributed by atoms with E-state index in [-0.39, 0.29) is 0 Å². The van der Waals surface area contributed by atoms with E-state index < -0.39 is 0 Å². The molecule has 0 aliphatic rings. The van der Waals surface area contributed by atoms with Gasteiger partial charge in [-0.05, 0) is 41.0 Å². The molecular formula is C18H14O. The highest BCUT2D eigenvalue weighted by Gasteiger charge is 2.10. The van der Waals surface area contributed by atoms with Gasteiger partial charge in [-0.1, -0.05) is 43.3 Å². The van der Waals surface area contributed by atoms with Crippen molar-refractivity contribution in [3.05, 3.63) is 60.2 Å². The quantitative estimate of drug-likeness (QED) is 0.444. The van der Waals surface area contributed by atoms with Gasteiger partial charge in [-0.25, -0.2) is 0 Å². The number of hydrogen-bond acceptors (Lipinski definition) is 1. The molecule has 0 radical (unpaired) electrons. The van der Waals surface area contributed by atoms with Gasteiger partial charge in [-0.3, -0.25) is 0 Å². The van der Waals surface area contributed by atoms with Gasteiger partial charge in [0, 0.05) is 10.8 Å². The summed E-state index contributed by atoms with van der Waals surface area (Å²) in [5.74, 6) is 0. The second kappa shape index (κ2) is 3.86. The third kappa shape index (κ3) is 1.48. The summed E-state index contributed by atoms with van der Waals surface area (Å²) in [6.07, 6.45) is 1.05. The summed E-state index contributed by atoms with van der Waals surface area (Å²) in [7, 11) is 0. The molecular weight excluding hydrogens is 232 g/mol. The summed E-state index contributed by atoms with van der Waals surface area (Å²) in [6.45, 7) is 2.18. The molecule has 1 heterocycles. The van der Waals surface area contributed by atoms with E-state index in [1.165, 1.54) is 27.1 Å². The molecule has 4 rings (SSSR count). The molecule has 0 bridgehead atoms. The van der Waals surface area contributed by atoms with E-state index in [0.717, 1.165) is 17.6 Å². The van der Waals surface area contributed by atoms with Crippen LogP contribution in [0.1, 0.15) is 12.5 Å². The Labute approximate surface area is 111 Å². The first-order chi connectivity index (χ1) is 9.36. The van der Waals surface area contributed by atoms with Gasteiger partial charge in [0.05, 0.1) is 0 Å². The zero-order valence-corrected chi connectivity index (χ0v) is 10.8. The first-order valence-corrected chi connectivity index (χ1v) is 6.69. The highest BCUT2D eigenvalue weighted by atomic mass is 16.3. The first kappa shape index (κ1) is 10.6. The van der Waals surface area contributed by atoms with Crippen LogP contribution >= 0.6 is 0 Å². The van der Waals surface area contributed by atoms with Gasteiger partial charge in [-0.2, -0.15) is 0 Å². The number of aryl methyl sites for hydroxylation is 1. The highest BCUT2D eigenvalue weighted by molar-refractivity contribution is 6.18. The second-order valence-electron chi connectivity index (χ2n) is 4.95. The molecule has 0 unspecified atom stereocenters. The minimum absolute atomic E-state index is 0.974. The minimum Gasteiger partial charge on any atom is -0.456 e. The van der Waals surface area contributed by atoms with E-state index >= 15 is 0 Å². The van der Waals surface area contributed by atoms with Crippen LogP contribution in [0.3, 0.4) is 0 Å². The largest absolute Gasteiger partial charge is 0.456 e. The van der Waals surface area contributed by atoms with Crippen molar-refractivity contribution in [3.8, 4) is 0 Å². The average molecular weight is 246 g/mol. The van der Waals surface area contributed by atoms with Crippen LogP contribution in [-0.2, 0) is 6.42 Å². The van der Waals surface area contributed by atoms with E-state index in [1.54, 1.807) is 0 Å². The number of rotatable bonds is 1. The number of benzene rings is 3. The fourth-order valence-electron chi connectivity index (χ4n) is 2.81. The fraction of sp³-hybridized carbons (Fsp3) is 0.111. The lowest BCUT2D eigenvalue weighted by Crippen LogP contribution is -1.78. The lowest BCUT2D eigenvalue weighted by atomic mass is 10.0. The van der Waals surface area contributed by atoms with Gasteiger partial charge in [0.15, 0.2) is 0 Å². The van der Waals surface area contributed by atoms with Crippen LogP contribution in [0.2, 0.25) is 0 Å². The first-order valence-electron chi connectivity index (χ1n) is 6.69. The van der Waals surface area contributed by atoms with Crippen molar-refractivity contribution in [2.45, 2.75) is 13.3 Å². The van der Waals surface area contributed by atoms with Crippen LogP contribution in [0.15, 0.2) is 59.0 Å². The smallest absolute Gasteiger partial charge is 0.136 e. The molecule has 0 fully saturated rings. The Kier molecular flexibility index (Phi) is 2.16. The summed E-state index contributed by atoms with van der Waals surface area (Å²) in [6, 6.07) is 19.2. The molecule has 0 atom stereocenters. The Morgan fingerprint density at radius 1 is 0.842 bits per heavy atom. The molecule has 0 saturated heterocycles. The van der Waals surface area contributed by atoms with Crippen molar-refractivity contribution in [1.29, 1.82) is 0 Å². The van der Waals surface area contributed by atoms with Crippen LogP contribution in [0.5, 0.6) is 0 Å². The van der Waals surface area contributed by atoms with Crippen molar-refractivity contribution in [2.24, 2.45) is 0 Å². The Bertz CT molecular complexity index is 899. The van der Waals surface area contributed by atoms with Gasteiger partial charge in [-0.15, -0.1) is 0 Å². The number of hydrogen-bond donors (Lipinski definition) is 0. The summed E-state index contributed by atoms with van der Waals surface area (Å²) in [4.78, 5) is 0. The monoisotopic (exact) mass is 246 g/mol. The van der Waals surface area contributed by atoms with Crippen LogP contribution in [-0.4, -0.2) is 0 Å². The summed E-state index contributed by atoms with van der Waals surface area (Å²) in [5, 5.41) is 5.00. The maximum absolute atomic E-state index is 5.96. The predicted octanol–water partition coefficient (Wildman–Crippen LogP) is 5.30. The maximum atomic E-state index is 5.96. The van der Waals surface area contributed by atoms with E-state index in [2.05, 4.69) is 61.5 Å². The normalized spacial score (nSPS) is 11.6. The molecule has 19 heavy (non-hydrogen) atoms. The molecule has 0 saturated carbocycles. The summed E-state index contributed by atoms with van der Waals surface area (Å²) in [5.41, 5.74) is 3.30. The van der Waals surface area contributed by atoms with E-state index in [4.69, 9.17) is 4.42 Å². The molecule has 0 spiro atoms. The van der Waals surface area contributed by atoms with Crippen LogP contribution in [0.4, 0.5) is 0 Å². The molecule has 1 heteroatoms. The van der Waals surface area contributed by atoms with E-state index in [1.807, 2.05) is 0 Å². The molecule has 92 valence electrons. The Morgan fingerprint density at radius 2 is 1.68 bits per heavy atom. The molecule has 0 aliphatic carbocycles. The summed E-state index contributed by atoms with van der Waals surface area (Å²) < 4.78 is 5.96. The second-order valence-corrected chi connectivity index (χ2v) is 4.95. The molecule has 1 nitrogen and oxygen atoms in total. The standard InChI is InChI=1S/C18H14O/c1-2-12-7-9-16-15(11-12)18-14-6-4-3-5-13(14)8-10-17(18)19-16/h3-11H,2H2,1H3. The minimum atomic E-state index is 0.974. The average Bonchev–Trinajstić information content (AvgIpc) is 2.85. The van der Waals surface area contributed by atoms with Crippen LogP contribution in [0.25, 0.3) is 32.7 Å². The molecule has 1 aromatic heterocycles. The SMILES string of the molecule is CCc1ccc2oc3ccc4ccccc4c3c2c1. The zero-order chi connectivity index (χ0) is 12.8. The van der Waals surface area contributed by atoms with Crippen LogP contribution in [0, 0.1) is 0 Å². The van der Waals surface area contributed by atoms with E-state index in [9.17, 15) is 0 Å².